The molecule has 0 aliphatic carbocycles. The highest BCUT2D eigenvalue weighted by molar-refractivity contribution is 6.30. The third-order valence-electron chi connectivity index (χ3n) is 1.97. The molecule has 0 saturated heterocycles. The van der Waals surface area contributed by atoms with Crippen LogP contribution in [0.15, 0.2) is 23.8 Å². The molecule has 1 aromatic rings. The number of halogens is 1. The number of carbonyl (C=O) groups excluding carboxylic acids is 1. The molecule has 5 heteroatoms. The number of nitrogens with two attached hydrogens (primary N) is 1. The number of primary amides is 1. The third-order valence-corrected chi connectivity index (χ3v) is 2.20. The van der Waals surface area contributed by atoms with E-state index in [2.05, 4.69) is 5.92 Å². The van der Waals surface area contributed by atoms with Crippen LogP contribution in [0.25, 0.3) is 6.08 Å². The van der Waals surface area contributed by atoms with Gasteiger partial charge in [-0.2, -0.15) is 5.26 Å². The van der Waals surface area contributed by atoms with Crippen molar-refractivity contribution in [1.29, 1.82) is 5.26 Å². The molecule has 0 atom stereocenters. The first-order valence-corrected chi connectivity index (χ1v) is 5.23. The Morgan fingerprint density at radius 3 is 2.89 bits per heavy atom. The van der Waals surface area contributed by atoms with Crippen LogP contribution < -0.4 is 10.5 Å². The molecule has 90 valence electrons. The zero-order valence-electron chi connectivity index (χ0n) is 9.31. The van der Waals surface area contributed by atoms with Gasteiger partial charge in [-0.1, -0.05) is 17.5 Å². The predicted octanol–water partition coefficient (Wildman–Crippen LogP) is 1.74. The second-order valence-corrected chi connectivity index (χ2v) is 3.65. The molecular formula is C13H9ClN2O2. The summed E-state index contributed by atoms with van der Waals surface area (Å²) in [6.07, 6.45) is 6.39. The zero-order valence-corrected chi connectivity index (χ0v) is 10.1. The van der Waals surface area contributed by atoms with Gasteiger partial charge in [0.15, 0.2) is 0 Å². The number of amides is 1. The SMILES string of the molecule is C#CCOc1ccc(Cl)cc1/C=C(\C#N)C(N)=O. The van der Waals surface area contributed by atoms with E-state index >= 15 is 0 Å². The van der Waals surface area contributed by atoms with Gasteiger partial charge in [-0.05, 0) is 24.3 Å². The fourth-order valence-electron chi connectivity index (χ4n) is 1.20. The highest BCUT2D eigenvalue weighted by atomic mass is 35.5. The Labute approximate surface area is 110 Å². The minimum absolute atomic E-state index is 0.0704. The van der Waals surface area contributed by atoms with E-state index in [1.165, 1.54) is 6.08 Å². The summed E-state index contributed by atoms with van der Waals surface area (Å²) in [5.41, 5.74) is 5.32. The van der Waals surface area contributed by atoms with Crippen molar-refractivity contribution in [2.45, 2.75) is 0 Å². The summed E-state index contributed by atoms with van der Waals surface area (Å²) in [5, 5.41) is 9.21. The Kier molecular flexibility index (Phi) is 4.80. The monoisotopic (exact) mass is 260 g/mol. The van der Waals surface area contributed by atoms with E-state index in [0.717, 1.165) is 0 Å². The zero-order chi connectivity index (χ0) is 13.5. The van der Waals surface area contributed by atoms with Crippen LogP contribution in [-0.2, 0) is 4.79 Å². The van der Waals surface area contributed by atoms with Gasteiger partial charge in [-0.3, -0.25) is 4.79 Å². The van der Waals surface area contributed by atoms with Gasteiger partial charge in [-0.15, -0.1) is 6.42 Å². The lowest BCUT2D eigenvalue weighted by Gasteiger charge is -2.07. The van der Waals surface area contributed by atoms with Crippen molar-refractivity contribution >= 4 is 23.6 Å². The molecule has 1 rings (SSSR count). The van der Waals surface area contributed by atoms with E-state index in [-0.39, 0.29) is 12.2 Å². The van der Waals surface area contributed by atoms with Gasteiger partial charge in [0, 0.05) is 10.6 Å². The molecule has 0 spiro atoms. The number of terminal acetylenes is 1. The van der Waals surface area contributed by atoms with E-state index in [4.69, 9.17) is 33.8 Å². The van der Waals surface area contributed by atoms with Crippen LogP contribution in [0.3, 0.4) is 0 Å². The highest BCUT2D eigenvalue weighted by Crippen LogP contribution is 2.25. The van der Waals surface area contributed by atoms with Gasteiger partial charge in [0.25, 0.3) is 5.91 Å². The average molecular weight is 261 g/mol. The molecule has 0 radical (unpaired) electrons. The van der Waals surface area contributed by atoms with E-state index in [1.807, 2.05) is 0 Å². The number of hydrogen-bond acceptors (Lipinski definition) is 3. The molecule has 0 aliphatic heterocycles. The Morgan fingerprint density at radius 2 is 2.33 bits per heavy atom. The maximum Gasteiger partial charge on any atom is 0.259 e. The number of benzene rings is 1. The lowest BCUT2D eigenvalue weighted by Crippen LogP contribution is -2.12. The maximum atomic E-state index is 11.0. The van der Waals surface area contributed by atoms with E-state index in [9.17, 15) is 4.79 Å². The topological polar surface area (TPSA) is 76.1 Å². The summed E-state index contributed by atoms with van der Waals surface area (Å²) in [4.78, 5) is 11.0. The Balaban J connectivity index is 3.22. The van der Waals surface area contributed by atoms with Crippen LogP contribution in [0.4, 0.5) is 0 Å². The first-order chi connectivity index (χ1) is 8.58. The van der Waals surface area contributed by atoms with Gasteiger partial charge >= 0.3 is 0 Å². The van der Waals surface area contributed by atoms with E-state index < -0.39 is 5.91 Å². The van der Waals surface area contributed by atoms with Crippen molar-refractivity contribution in [1.82, 2.24) is 0 Å². The minimum atomic E-state index is -0.819. The maximum absolute atomic E-state index is 11.0. The molecule has 0 heterocycles. The van der Waals surface area contributed by atoms with Gasteiger partial charge in [-0.25, -0.2) is 0 Å². The Morgan fingerprint density at radius 1 is 1.61 bits per heavy atom. The molecule has 0 saturated carbocycles. The van der Waals surface area contributed by atoms with Gasteiger partial charge in [0.05, 0.1) is 0 Å². The highest BCUT2D eigenvalue weighted by Gasteiger charge is 2.08. The van der Waals surface area contributed by atoms with Crippen molar-refractivity contribution in [3.8, 4) is 24.2 Å². The summed E-state index contributed by atoms with van der Waals surface area (Å²) in [7, 11) is 0. The van der Waals surface area contributed by atoms with E-state index in [0.29, 0.717) is 16.3 Å². The summed E-state index contributed by atoms with van der Waals surface area (Å²) in [5.74, 6) is 1.92. The average Bonchev–Trinajstić information content (AvgIpc) is 2.34. The summed E-state index contributed by atoms with van der Waals surface area (Å²) < 4.78 is 5.27. The van der Waals surface area contributed by atoms with Crippen LogP contribution >= 0.6 is 11.6 Å². The van der Waals surface area contributed by atoms with Gasteiger partial charge in [0.1, 0.15) is 24.0 Å². The number of rotatable bonds is 4. The van der Waals surface area contributed by atoms with Crippen LogP contribution in [0, 0.1) is 23.7 Å². The number of nitriles is 1. The predicted molar refractivity (Wildman–Crippen MR) is 68.6 cm³/mol. The van der Waals surface area contributed by atoms with Gasteiger partial charge in [0.2, 0.25) is 0 Å². The standard InChI is InChI=1S/C13H9ClN2O2/c1-2-5-18-12-4-3-11(14)7-9(12)6-10(8-15)13(16)17/h1,3-4,6-7H,5H2,(H2,16,17)/b10-6+. The van der Waals surface area contributed by atoms with Crippen molar-refractivity contribution < 1.29 is 9.53 Å². The van der Waals surface area contributed by atoms with Crippen LogP contribution in [-0.4, -0.2) is 12.5 Å². The van der Waals surface area contributed by atoms with Crippen molar-refractivity contribution in [3.63, 3.8) is 0 Å². The fraction of sp³-hybridized carbons (Fsp3) is 0.0769. The number of hydrogen-bond donors (Lipinski definition) is 1. The summed E-state index contributed by atoms with van der Waals surface area (Å²) in [6.45, 7) is 0.0704. The first-order valence-electron chi connectivity index (χ1n) is 4.86. The number of ether oxygens (including phenoxy) is 1. The number of carbonyl (C=O) groups is 1. The molecule has 2 N–H and O–H groups in total. The van der Waals surface area contributed by atoms with Crippen LogP contribution in [0.5, 0.6) is 5.75 Å². The Bertz CT molecular complexity index is 580. The van der Waals surface area contributed by atoms with Gasteiger partial charge < -0.3 is 10.5 Å². The van der Waals surface area contributed by atoms with Crippen molar-refractivity contribution in [2.75, 3.05) is 6.61 Å². The summed E-state index contributed by atoms with van der Waals surface area (Å²) >= 11 is 5.83. The molecular weight excluding hydrogens is 252 g/mol. The third kappa shape index (κ3) is 3.55. The first kappa shape index (κ1) is 13.6. The van der Waals surface area contributed by atoms with E-state index in [1.54, 1.807) is 24.3 Å². The Hall–Kier alpha value is -2.43. The quantitative estimate of drug-likeness (QED) is 0.509. The molecule has 18 heavy (non-hydrogen) atoms. The largest absolute Gasteiger partial charge is 0.480 e. The van der Waals surface area contributed by atoms with Crippen molar-refractivity contribution in [2.24, 2.45) is 5.73 Å². The van der Waals surface area contributed by atoms with Crippen LogP contribution in [0.2, 0.25) is 5.02 Å². The molecule has 0 aromatic heterocycles. The summed E-state index contributed by atoms with van der Waals surface area (Å²) in [6, 6.07) is 6.46. The fourth-order valence-corrected chi connectivity index (χ4v) is 1.38. The normalized spacial score (nSPS) is 10.3. The molecule has 1 amide bonds. The van der Waals surface area contributed by atoms with Crippen molar-refractivity contribution in [3.05, 3.63) is 34.4 Å². The molecule has 0 unspecified atom stereocenters. The second-order valence-electron chi connectivity index (χ2n) is 3.21. The van der Waals surface area contributed by atoms with Crippen LogP contribution in [0.1, 0.15) is 5.56 Å². The molecule has 0 aliphatic rings. The lowest BCUT2D eigenvalue weighted by atomic mass is 10.1. The second kappa shape index (κ2) is 6.34. The smallest absolute Gasteiger partial charge is 0.259 e. The molecule has 1 aromatic carbocycles. The molecule has 0 fully saturated rings. The number of nitrogens with zero attached hydrogens (tertiary/aromatic N) is 1. The minimum Gasteiger partial charge on any atom is -0.480 e. The molecule has 0 bridgehead atoms. The lowest BCUT2D eigenvalue weighted by molar-refractivity contribution is -0.114. The molecule has 4 nitrogen and oxygen atoms in total.